The maximum Gasteiger partial charge on any atom is 0.0541 e. The molecule has 3 rings (SSSR count). The Balaban J connectivity index is 1.90. The molecule has 2 unspecified atom stereocenters. The summed E-state index contributed by atoms with van der Waals surface area (Å²) in [6, 6.07) is 31.4. The van der Waals surface area contributed by atoms with Gasteiger partial charge in [0.25, 0.3) is 0 Å². The van der Waals surface area contributed by atoms with E-state index in [-0.39, 0.29) is 12.1 Å². The molecular weight excluding hydrogens is 292 g/mol. The zero-order valence-electron chi connectivity index (χ0n) is 14.0. The van der Waals surface area contributed by atoms with Crippen molar-refractivity contribution in [3.8, 4) is 0 Å². The molecule has 0 heterocycles. The van der Waals surface area contributed by atoms with Crippen LogP contribution in [0.5, 0.6) is 0 Å². The number of rotatable bonds is 6. The molecule has 0 radical (unpaired) electrons. The number of likely N-dealkylation sites (N-methyl/N-ethyl adjacent to an activating group) is 1. The van der Waals surface area contributed by atoms with E-state index in [4.69, 9.17) is 5.73 Å². The molecule has 2 nitrogen and oxygen atoms in total. The summed E-state index contributed by atoms with van der Waals surface area (Å²) in [6.07, 6.45) is 0. The summed E-state index contributed by atoms with van der Waals surface area (Å²) in [6.45, 7) is 0.862. The molecule has 0 aliphatic rings. The number of hydrogen-bond acceptors (Lipinski definition) is 2. The van der Waals surface area contributed by atoms with Crippen LogP contribution in [-0.4, -0.2) is 11.9 Å². The second kappa shape index (κ2) is 7.91. The summed E-state index contributed by atoms with van der Waals surface area (Å²) in [4.78, 5) is 2.34. The van der Waals surface area contributed by atoms with E-state index in [1.165, 1.54) is 11.1 Å². The lowest BCUT2D eigenvalue weighted by Gasteiger charge is -2.33. The van der Waals surface area contributed by atoms with E-state index in [0.717, 1.165) is 12.1 Å². The summed E-state index contributed by atoms with van der Waals surface area (Å²) >= 11 is 0. The Morgan fingerprint density at radius 3 is 1.71 bits per heavy atom. The van der Waals surface area contributed by atoms with Crippen molar-refractivity contribution in [2.75, 3.05) is 7.05 Å². The molecule has 0 aromatic heterocycles. The van der Waals surface area contributed by atoms with Crippen molar-refractivity contribution in [2.24, 2.45) is 5.73 Å². The lowest BCUT2D eigenvalue weighted by atomic mass is 9.92. The van der Waals surface area contributed by atoms with Crippen molar-refractivity contribution in [3.05, 3.63) is 108 Å². The van der Waals surface area contributed by atoms with E-state index >= 15 is 0 Å². The Kier molecular flexibility index (Phi) is 5.42. The summed E-state index contributed by atoms with van der Waals surface area (Å²) in [5.41, 5.74) is 10.4. The van der Waals surface area contributed by atoms with Gasteiger partial charge < -0.3 is 5.73 Å². The van der Waals surface area contributed by atoms with Gasteiger partial charge in [-0.25, -0.2) is 0 Å². The first kappa shape index (κ1) is 16.4. The van der Waals surface area contributed by atoms with Crippen LogP contribution in [0.25, 0.3) is 0 Å². The third-order valence-corrected chi connectivity index (χ3v) is 4.42. The van der Waals surface area contributed by atoms with Crippen LogP contribution in [0.4, 0.5) is 0 Å². The van der Waals surface area contributed by atoms with Gasteiger partial charge in [0.2, 0.25) is 0 Å². The van der Waals surface area contributed by atoms with E-state index in [1.54, 1.807) is 0 Å². The Labute approximate surface area is 144 Å². The Hall–Kier alpha value is -2.42. The van der Waals surface area contributed by atoms with Gasteiger partial charge in [-0.2, -0.15) is 0 Å². The second-order valence-corrected chi connectivity index (χ2v) is 6.19. The molecule has 2 heteroatoms. The summed E-state index contributed by atoms with van der Waals surface area (Å²) in [5, 5.41) is 0. The van der Waals surface area contributed by atoms with Gasteiger partial charge in [0.1, 0.15) is 0 Å². The SMILES string of the molecule is CN(Cc1ccccc1)C(c1ccccc1)C(N)c1ccccc1. The van der Waals surface area contributed by atoms with Crippen molar-refractivity contribution in [3.63, 3.8) is 0 Å². The van der Waals surface area contributed by atoms with Crippen LogP contribution in [0.1, 0.15) is 28.8 Å². The van der Waals surface area contributed by atoms with Crippen LogP contribution in [0, 0.1) is 0 Å². The van der Waals surface area contributed by atoms with E-state index in [0.29, 0.717) is 0 Å². The molecule has 0 fully saturated rings. The molecule has 0 spiro atoms. The van der Waals surface area contributed by atoms with Gasteiger partial charge >= 0.3 is 0 Å². The molecule has 0 aliphatic carbocycles. The van der Waals surface area contributed by atoms with Crippen molar-refractivity contribution in [1.29, 1.82) is 0 Å². The highest BCUT2D eigenvalue weighted by molar-refractivity contribution is 5.27. The maximum atomic E-state index is 6.68. The highest BCUT2D eigenvalue weighted by atomic mass is 15.1. The lowest BCUT2D eigenvalue weighted by Crippen LogP contribution is -2.33. The molecule has 24 heavy (non-hydrogen) atoms. The van der Waals surface area contributed by atoms with E-state index < -0.39 is 0 Å². The standard InChI is InChI=1S/C22H24N2/c1-24(17-18-11-5-2-6-12-18)22(20-15-9-4-10-16-20)21(23)19-13-7-3-8-14-19/h2-16,21-22H,17,23H2,1H3. The monoisotopic (exact) mass is 316 g/mol. The van der Waals surface area contributed by atoms with Crippen LogP contribution >= 0.6 is 0 Å². The third-order valence-electron chi connectivity index (χ3n) is 4.42. The molecule has 3 aromatic rings. The number of nitrogens with zero attached hydrogens (tertiary/aromatic N) is 1. The van der Waals surface area contributed by atoms with Gasteiger partial charge in [-0.15, -0.1) is 0 Å². The first-order valence-corrected chi connectivity index (χ1v) is 8.35. The Morgan fingerprint density at radius 1 is 0.708 bits per heavy atom. The van der Waals surface area contributed by atoms with Gasteiger partial charge in [-0.3, -0.25) is 4.90 Å². The zero-order valence-corrected chi connectivity index (χ0v) is 14.0. The molecule has 0 aliphatic heterocycles. The molecule has 2 atom stereocenters. The molecule has 2 N–H and O–H groups in total. The van der Waals surface area contributed by atoms with Crippen LogP contribution in [-0.2, 0) is 6.54 Å². The Morgan fingerprint density at radius 2 is 1.17 bits per heavy atom. The highest BCUT2D eigenvalue weighted by Gasteiger charge is 2.25. The smallest absolute Gasteiger partial charge is 0.0541 e. The molecule has 0 saturated heterocycles. The van der Waals surface area contributed by atoms with Crippen molar-refractivity contribution < 1.29 is 0 Å². The van der Waals surface area contributed by atoms with Gasteiger partial charge in [0.05, 0.1) is 6.04 Å². The largest absolute Gasteiger partial charge is 0.322 e. The van der Waals surface area contributed by atoms with Crippen LogP contribution < -0.4 is 5.73 Å². The number of nitrogens with two attached hydrogens (primary N) is 1. The molecular formula is C22H24N2. The van der Waals surface area contributed by atoms with E-state index in [2.05, 4.69) is 84.7 Å². The fourth-order valence-electron chi connectivity index (χ4n) is 3.21. The predicted octanol–water partition coefficient (Wildman–Crippen LogP) is 4.56. The zero-order chi connectivity index (χ0) is 16.8. The minimum atomic E-state index is -0.0812. The average molecular weight is 316 g/mol. The van der Waals surface area contributed by atoms with Crippen molar-refractivity contribution in [2.45, 2.75) is 18.6 Å². The first-order chi connectivity index (χ1) is 11.8. The normalized spacial score (nSPS) is 13.6. The summed E-state index contributed by atoms with van der Waals surface area (Å²) < 4.78 is 0. The quantitative estimate of drug-likeness (QED) is 0.722. The second-order valence-electron chi connectivity index (χ2n) is 6.19. The molecule has 0 bridgehead atoms. The minimum absolute atomic E-state index is 0.0812. The molecule has 3 aromatic carbocycles. The predicted molar refractivity (Wildman–Crippen MR) is 100 cm³/mol. The Bertz CT molecular complexity index is 726. The minimum Gasteiger partial charge on any atom is -0.322 e. The van der Waals surface area contributed by atoms with Crippen LogP contribution in [0.2, 0.25) is 0 Å². The molecule has 0 saturated carbocycles. The average Bonchev–Trinajstić information content (AvgIpc) is 2.64. The maximum absolute atomic E-state index is 6.68. The van der Waals surface area contributed by atoms with Crippen molar-refractivity contribution in [1.82, 2.24) is 4.90 Å². The fraction of sp³-hybridized carbons (Fsp3) is 0.182. The summed E-state index contributed by atoms with van der Waals surface area (Å²) in [7, 11) is 2.15. The molecule has 0 amide bonds. The van der Waals surface area contributed by atoms with Crippen LogP contribution in [0.3, 0.4) is 0 Å². The van der Waals surface area contributed by atoms with E-state index in [9.17, 15) is 0 Å². The number of hydrogen-bond donors (Lipinski definition) is 1. The fourth-order valence-corrected chi connectivity index (χ4v) is 3.21. The van der Waals surface area contributed by atoms with Crippen LogP contribution in [0.15, 0.2) is 91.0 Å². The first-order valence-electron chi connectivity index (χ1n) is 8.35. The summed E-state index contributed by atoms with van der Waals surface area (Å²) in [5.74, 6) is 0. The third kappa shape index (κ3) is 3.91. The van der Waals surface area contributed by atoms with Gasteiger partial charge in [-0.05, 0) is 23.7 Å². The van der Waals surface area contributed by atoms with E-state index in [1.807, 2.05) is 18.2 Å². The lowest BCUT2D eigenvalue weighted by molar-refractivity contribution is 0.205. The number of benzene rings is 3. The van der Waals surface area contributed by atoms with Gasteiger partial charge in [0.15, 0.2) is 0 Å². The topological polar surface area (TPSA) is 29.3 Å². The highest BCUT2D eigenvalue weighted by Crippen LogP contribution is 2.32. The van der Waals surface area contributed by atoms with Crippen molar-refractivity contribution >= 4 is 0 Å². The van der Waals surface area contributed by atoms with Gasteiger partial charge in [-0.1, -0.05) is 91.0 Å². The molecule has 122 valence electrons. The van der Waals surface area contributed by atoms with Gasteiger partial charge in [0, 0.05) is 12.6 Å².